The molecule has 0 spiro atoms. The number of hydrogen-bond donors (Lipinski definition) is 1. The average Bonchev–Trinajstić information content (AvgIpc) is 2.14. The van der Waals surface area contributed by atoms with Crippen molar-refractivity contribution >= 4 is 37.4 Å². The van der Waals surface area contributed by atoms with Crippen LogP contribution in [0, 0.1) is 0 Å². The van der Waals surface area contributed by atoms with Crippen LogP contribution < -0.4 is 0 Å². The van der Waals surface area contributed by atoms with Gasteiger partial charge in [-0.2, -0.15) is 0 Å². The highest BCUT2D eigenvalue weighted by Crippen LogP contribution is 2.27. The normalized spacial score (nSPS) is 16.0. The Labute approximate surface area is 102 Å². The van der Waals surface area contributed by atoms with E-state index in [0.717, 1.165) is 6.26 Å². The van der Waals surface area contributed by atoms with Gasteiger partial charge in [-0.05, 0) is 17.7 Å². The molecule has 0 heterocycles. The molecular weight excluding hydrogens is 304 g/mol. The molecule has 0 saturated carbocycles. The number of sulfone groups is 1. The van der Waals surface area contributed by atoms with Crippen LogP contribution >= 0.6 is 27.5 Å². The SMILES string of the molecule is CS(=O)(=O)[C@@H](Br)[C@@H](O)c1cccc(Cl)c1. The van der Waals surface area contributed by atoms with E-state index in [-0.39, 0.29) is 0 Å². The molecule has 0 aromatic heterocycles. The van der Waals surface area contributed by atoms with Gasteiger partial charge < -0.3 is 5.11 Å². The maximum absolute atomic E-state index is 11.2. The molecule has 15 heavy (non-hydrogen) atoms. The Balaban J connectivity index is 3.00. The average molecular weight is 314 g/mol. The second-order valence-corrected chi connectivity index (χ2v) is 7.38. The molecule has 0 unspecified atom stereocenters. The van der Waals surface area contributed by atoms with Crippen molar-refractivity contribution in [3.63, 3.8) is 0 Å². The van der Waals surface area contributed by atoms with Gasteiger partial charge in [-0.1, -0.05) is 39.7 Å². The van der Waals surface area contributed by atoms with Crippen LogP contribution in [0.5, 0.6) is 0 Å². The lowest BCUT2D eigenvalue weighted by atomic mass is 10.1. The van der Waals surface area contributed by atoms with Gasteiger partial charge in [0, 0.05) is 11.3 Å². The van der Waals surface area contributed by atoms with Crippen LogP contribution in [0.1, 0.15) is 11.7 Å². The molecule has 1 aromatic carbocycles. The third-order valence-electron chi connectivity index (χ3n) is 1.85. The molecule has 6 heteroatoms. The van der Waals surface area contributed by atoms with Gasteiger partial charge in [0.1, 0.15) is 10.3 Å². The van der Waals surface area contributed by atoms with Crippen LogP contribution in [0.2, 0.25) is 5.02 Å². The molecule has 1 aromatic rings. The summed E-state index contributed by atoms with van der Waals surface area (Å²) in [6.07, 6.45) is -0.0705. The Hall–Kier alpha value is -0.100. The Morgan fingerprint density at radius 2 is 2.07 bits per heavy atom. The number of alkyl halides is 1. The molecule has 0 radical (unpaired) electrons. The zero-order valence-corrected chi connectivity index (χ0v) is 11.1. The largest absolute Gasteiger partial charge is 0.386 e. The second kappa shape index (κ2) is 4.82. The van der Waals surface area contributed by atoms with Gasteiger partial charge in [-0.15, -0.1) is 0 Å². The standard InChI is InChI=1S/C9H10BrClO3S/c1-15(13,14)9(10)8(12)6-3-2-4-7(11)5-6/h2-5,8-9,12H,1H3/t8-,9+/m0/s1. The summed E-state index contributed by atoms with van der Waals surface area (Å²) in [5.74, 6) is 0. The molecule has 0 aliphatic rings. The van der Waals surface area contributed by atoms with Crippen molar-refractivity contribution in [3.8, 4) is 0 Å². The monoisotopic (exact) mass is 312 g/mol. The zero-order valence-electron chi connectivity index (χ0n) is 7.89. The van der Waals surface area contributed by atoms with E-state index in [4.69, 9.17) is 11.6 Å². The maximum atomic E-state index is 11.2. The van der Waals surface area contributed by atoms with Gasteiger partial charge in [0.05, 0.1) is 0 Å². The fourth-order valence-electron chi connectivity index (χ4n) is 1.08. The molecule has 0 aliphatic carbocycles. The molecule has 0 bridgehead atoms. The molecule has 0 amide bonds. The van der Waals surface area contributed by atoms with E-state index in [1.807, 2.05) is 0 Å². The Kier molecular flexibility index (Phi) is 4.17. The van der Waals surface area contributed by atoms with Crippen molar-refractivity contribution in [1.29, 1.82) is 0 Å². The Bertz CT molecular complexity index is 446. The van der Waals surface area contributed by atoms with Gasteiger partial charge in [-0.25, -0.2) is 8.42 Å². The minimum atomic E-state index is -3.34. The molecule has 0 fully saturated rings. The number of aliphatic hydroxyl groups excluding tert-OH is 1. The molecule has 3 nitrogen and oxygen atoms in total. The quantitative estimate of drug-likeness (QED) is 0.870. The smallest absolute Gasteiger partial charge is 0.163 e. The third-order valence-corrected chi connectivity index (χ3v) is 5.70. The maximum Gasteiger partial charge on any atom is 0.163 e. The molecule has 1 N–H and O–H groups in total. The first-order chi connectivity index (χ1) is 6.82. The summed E-state index contributed by atoms with van der Waals surface area (Å²) in [5.41, 5.74) is 0.467. The van der Waals surface area contributed by atoms with E-state index in [0.29, 0.717) is 10.6 Å². The highest BCUT2D eigenvalue weighted by Gasteiger charge is 2.27. The summed E-state index contributed by atoms with van der Waals surface area (Å²) in [6, 6.07) is 6.46. The van der Waals surface area contributed by atoms with Crippen LogP contribution in [0.4, 0.5) is 0 Å². The van der Waals surface area contributed by atoms with Crippen LogP contribution in [0.3, 0.4) is 0 Å². The summed E-state index contributed by atoms with van der Waals surface area (Å²) in [4.78, 5) is 0. The van der Waals surface area contributed by atoms with E-state index in [9.17, 15) is 13.5 Å². The fourth-order valence-corrected chi connectivity index (χ4v) is 2.21. The van der Waals surface area contributed by atoms with Crippen molar-refractivity contribution < 1.29 is 13.5 Å². The lowest BCUT2D eigenvalue weighted by molar-refractivity contribution is 0.195. The summed E-state index contributed by atoms with van der Waals surface area (Å²) < 4.78 is 21.4. The first-order valence-corrected chi connectivity index (χ1v) is 7.33. The molecular formula is C9H10BrClO3S. The van der Waals surface area contributed by atoms with Crippen molar-refractivity contribution in [2.24, 2.45) is 0 Å². The molecule has 1 rings (SSSR count). The molecule has 0 saturated heterocycles. The van der Waals surface area contributed by atoms with Crippen molar-refractivity contribution in [2.75, 3.05) is 6.26 Å². The summed E-state index contributed by atoms with van der Waals surface area (Å²) >= 11 is 8.68. The Morgan fingerprint density at radius 1 is 1.47 bits per heavy atom. The van der Waals surface area contributed by atoms with E-state index in [1.54, 1.807) is 18.2 Å². The first kappa shape index (κ1) is 13.0. The van der Waals surface area contributed by atoms with Crippen molar-refractivity contribution in [3.05, 3.63) is 34.9 Å². The second-order valence-electron chi connectivity index (χ2n) is 3.18. The lowest BCUT2D eigenvalue weighted by Gasteiger charge is -2.16. The number of rotatable bonds is 3. The predicted molar refractivity (Wildman–Crippen MR) is 64.0 cm³/mol. The topological polar surface area (TPSA) is 54.4 Å². The van der Waals surface area contributed by atoms with E-state index in [1.165, 1.54) is 6.07 Å². The molecule has 84 valence electrons. The molecule has 0 aliphatic heterocycles. The van der Waals surface area contributed by atoms with Crippen LogP contribution in [-0.2, 0) is 9.84 Å². The van der Waals surface area contributed by atoms with E-state index < -0.39 is 20.1 Å². The fraction of sp³-hybridized carbons (Fsp3) is 0.333. The highest BCUT2D eigenvalue weighted by molar-refractivity contribution is 9.11. The number of halogens is 2. The van der Waals surface area contributed by atoms with Crippen LogP contribution in [0.15, 0.2) is 24.3 Å². The minimum absolute atomic E-state index is 0.458. The van der Waals surface area contributed by atoms with Crippen molar-refractivity contribution in [1.82, 2.24) is 0 Å². The number of benzene rings is 1. The van der Waals surface area contributed by atoms with E-state index in [2.05, 4.69) is 15.9 Å². The van der Waals surface area contributed by atoms with Gasteiger partial charge in [0.15, 0.2) is 9.84 Å². The number of hydrogen-bond acceptors (Lipinski definition) is 3. The predicted octanol–water partition coefficient (Wildman–Crippen LogP) is 2.14. The van der Waals surface area contributed by atoms with Gasteiger partial charge in [0.2, 0.25) is 0 Å². The van der Waals surface area contributed by atoms with Crippen LogP contribution in [0.25, 0.3) is 0 Å². The third kappa shape index (κ3) is 3.45. The van der Waals surface area contributed by atoms with E-state index >= 15 is 0 Å². The van der Waals surface area contributed by atoms with Gasteiger partial charge in [0.25, 0.3) is 0 Å². The lowest BCUT2D eigenvalue weighted by Crippen LogP contribution is -2.21. The van der Waals surface area contributed by atoms with Crippen LogP contribution in [-0.4, -0.2) is 23.9 Å². The zero-order chi connectivity index (χ0) is 11.6. The first-order valence-electron chi connectivity index (χ1n) is 4.09. The summed E-state index contributed by atoms with van der Waals surface area (Å²) in [7, 11) is -3.34. The Morgan fingerprint density at radius 3 is 2.53 bits per heavy atom. The minimum Gasteiger partial charge on any atom is -0.386 e. The summed E-state index contributed by atoms with van der Waals surface area (Å²) in [6.45, 7) is 0. The highest BCUT2D eigenvalue weighted by atomic mass is 79.9. The van der Waals surface area contributed by atoms with Gasteiger partial charge in [-0.3, -0.25) is 0 Å². The van der Waals surface area contributed by atoms with Crippen molar-refractivity contribution in [2.45, 2.75) is 10.3 Å². The summed E-state index contributed by atoms with van der Waals surface area (Å²) in [5, 5.41) is 10.2. The number of aliphatic hydroxyl groups is 1. The molecule has 2 atom stereocenters. The van der Waals surface area contributed by atoms with Gasteiger partial charge >= 0.3 is 0 Å².